The summed E-state index contributed by atoms with van der Waals surface area (Å²) in [6, 6.07) is 13.6. The Morgan fingerprint density at radius 2 is 1.88 bits per heavy atom. The van der Waals surface area contributed by atoms with E-state index in [1.807, 2.05) is 13.0 Å². The van der Waals surface area contributed by atoms with Crippen molar-refractivity contribution in [3.63, 3.8) is 0 Å². The smallest absolute Gasteiger partial charge is 0.248 e. The zero-order chi connectivity index (χ0) is 18.1. The molecule has 0 aliphatic rings. The molecule has 0 atom stereocenters. The normalized spacial score (nSPS) is 11.2. The van der Waals surface area contributed by atoms with Crippen LogP contribution in [-0.4, -0.2) is 25.0 Å². The molecule has 0 saturated heterocycles. The number of carbonyl (C=O) groups excluding carboxylic acids is 1. The molecule has 0 unspecified atom stereocenters. The number of primary amides is 1. The number of nitrogens with two attached hydrogens (primary N) is 1. The summed E-state index contributed by atoms with van der Waals surface area (Å²) in [6.45, 7) is 3.85. The molecule has 0 fully saturated rings. The van der Waals surface area contributed by atoms with Crippen molar-refractivity contribution in [1.29, 1.82) is 0 Å². The molecule has 0 spiro atoms. The highest BCUT2D eigenvalue weighted by atomic mass is 19.1. The van der Waals surface area contributed by atoms with Gasteiger partial charge >= 0.3 is 0 Å². The first-order valence-electron chi connectivity index (χ1n) is 8.24. The monoisotopic (exact) mass is 342 g/mol. The molecule has 0 aliphatic carbocycles. The van der Waals surface area contributed by atoms with Crippen LogP contribution in [0, 0.1) is 5.82 Å². The Bertz CT molecular complexity index is 728. The van der Waals surface area contributed by atoms with E-state index in [4.69, 9.17) is 5.73 Å². The Hall–Kier alpha value is -2.89. The summed E-state index contributed by atoms with van der Waals surface area (Å²) in [6.07, 6.45) is 0.766. The lowest BCUT2D eigenvalue weighted by molar-refractivity contribution is 0.1000. The van der Waals surface area contributed by atoms with Gasteiger partial charge in [0, 0.05) is 18.7 Å². The van der Waals surface area contributed by atoms with Gasteiger partial charge in [-0.15, -0.1) is 0 Å². The number of rotatable bonds is 7. The molecule has 2 rings (SSSR count). The summed E-state index contributed by atoms with van der Waals surface area (Å²) in [4.78, 5) is 15.7. The minimum absolute atomic E-state index is 0.232. The summed E-state index contributed by atoms with van der Waals surface area (Å²) in [7, 11) is 0. The highest BCUT2D eigenvalue weighted by Gasteiger charge is 2.02. The van der Waals surface area contributed by atoms with E-state index in [-0.39, 0.29) is 5.82 Å². The number of nitrogens with zero attached hydrogens (tertiary/aromatic N) is 1. The molecule has 0 aromatic heterocycles. The third-order valence-corrected chi connectivity index (χ3v) is 3.59. The maximum atomic E-state index is 12.9. The molecule has 25 heavy (non-hydrogen) atoms. The summed E-state index contributed by atoms with van der Waals surface area (Å²) in [5, 5.41) is 6.42. The lowest BCUT2D eigenvalue weighted by Crippen LogP contribution is -2.38. The lowest BCUT2D eigenvalue weighted by atomic mass is 10.1. The van der Waals surface area contributed by atoms with Gasteiger partial charge in [-0.25, -0.2) is 9.38 Å². The van der Waals surface area contributed by atoms with Gasteiger partial charge in [0.15, 0.2) is 5.96 Å². The predicted octanol–water partition coefficient (Wildman–Crippen LogP) is 2.22. The van der Waals surface area contributed by atoms with Crippen molar-refractivity contribution < 1.29 is 9.18 Å². The minimum Gasteiger partial charge on any atom is -0.366 e. The van der Waals surface area contributed by atoms with Crippen LogP contribution < -0.4 is 16.4 Å². The zero-order valence-electron chi connectivity index (χ0n) is 14.3. The van der Waals surface area contributed by atoms with Crippen LogP contribution in [0.3, 0.4) is 0 Å². The van der Waals surface area contributed by atoms with Crippen molar-refractivity contribution in [3.8, 4) is 0 Å². The van der Waals surface area contributed by atoms with Crippen LogP contribution in [0.2, 0.25) is 0 Å². The number of hydrogen-bond acceptors (Lipinski definition) is 2. The number of hydrogen-bond donors (Lipinski definition) is 3. The third kappa shape index (κ3) is 6.25. The molecule has 5 nitrogen and oxygen atoms in total. The molecule has 2 aromatic carbocycles. The van der Waals surface area contributed by atoms with Crippen molar-refractivity contribution in [2.24, 2.45) is 10.7 Å². The van der Waals surface area contributed by atoms with Gasteiger partial charge in [0.25, 0.3) is 0 Å². The van der Waals surface area contributed by atoms with E-state index in [9.17, 15) is 9.18 Å². The van der Waals surface area contributed by atoms with Crippen LogP contribution in [-0.2, 0) is 13.0 Å². The van der Waals surface area contributed by atoms with E-state index < -0.39 is 5.91 Å². The van der Waals surface area contributed by atoms with E-state index in [0.717, 1.165) is 24.1 Å². The maximum absolute atomic E-state index is 12.9. The van der Waals surface area contributed by atoms with Crippen LogP contribution >= 0.6 is 0 Å². The summed E-state index contributed by atoms with van der Waals surface area (Å²) in [5.41, 5.74) is 7.73. The van der Waals surface area contributed by atoms with Gasteiger partial charge in [-0.05, 0) is 48.7 Å². The van der Waals surface area contributed by atoms with Gasteiger partial charge in [-0.1, -0.05) is 24.3 Å². The first kappa shape index (κ1) is 18.4. The van der Waals surface area contributed by atoms with Crippen molar-refractivity contribution in [3.05, 3.63) is 71.0 Å². The van der Waals surface area contributed by atoms with Crippen LogP contribution in [0.25, 0.3) is 0 Å². The molecule has 0 bridgehead atoms. The summed E-state index contributed by atoms with van der Waals surface area (Å²) < 4.78 is 12.9. The van der Waals surface area contributed by atoms with Crippen LogP contribution in [0.4, 0.5) is 4.39 Å². The molecule has 1 amide bonds. The molecule has 4 N–H and O–H groups in total. The van der Waals surface area contributed by atoms with Crippen molar-refractivity contribution in [2.75, 3.05) is 13.1 Å². The van der Waals surface area contributed by atoms with E-state index in [2.05, 4.69) is 15.6 Å². The fraction of sp³-hybridized carbons (Fsp3) is 0.263. The SMILES string of the molecule is CCNC(=NCc1cccc(C(N)=O)c1)NCCc1ccc(F)cc1. The van der Waals surface area contributed by atoms with Crippen LogP contribution in [0.15, 0.2) is 53.5 Å². The van der Waals surface area contributed by atoms with E-state index in [1.54, 1.807) is 30.3 Å². The molecule has 0 aliphatic heterocycles. The van der Waals surface area contributed by atoms with Crippen molar-refractivity contribution >= 4 is 11.9 Å². The number of halogens is 1. The number of nitrogens with one attached hydrogen (secondary N) is 2. The fourth-order valence-corrected chi connectivity index (χ4v) is 2.31. The average Bonchev–Trinajstić information content (AvgIpc) is 2.61. The van der Waals surface area contributed by atoms with Gasteiger partial charge in [0.2, 0.25) is 5.91 Å². The Morgan fingerprint density at radius 3 is 2.56 bits per heavy atom. The molecule has 6 heteroatoms. The van der Waals surface area contributed by atoms with Gasteiger partial charge in [-0.3, -0.25) is 4.79 Å². The predicted molar refractivity (Wildman–Crippen MR) is 97.9 cm³/mol. The molecule has 0 heterocycles. The number of guanidine groups is 1. The van der Waals surface area contributed by atoms with Gasteiger partial charge in [0.1, 0.15) is 5.82 Å². The lowest BCUT2D eigenvalue weighted by Gasteiger charge is -2.11. The average molecular weight is 342 g/mol. The highest BCUT2D eigenvalue weighted by Crippen LogP contribution is 2.06. The molecule has 132 valence electrons. The summed E-state index contributed by atoms with van der Waals surface area (Å²) in [5.74, 6) is 0.00838. The second-order valence-electron chi connectivity index (χ2n) is 5.56. The van der Waals surface area contributed by atoms with Crippen LogP contribution in [0.5, 0.6) is 0 Å². The molecular weight excluding hydrogens is 319 g/mol. The second kappa shape index (κ2) is 9.42. The quantitative estimate of drug-likeness (QED) is 0.533. The third-order valence-electron chi connectivity index (χ3n) is 3.59. The largest absolute Gasteiger partial charge is 0.366 e. The van der Waals surface area contributed by atoms with Gasteiger partial charge in [-0.2, -0.15) is 0 Å². The Kier molecular flexibility index (Phi) is 6.95. The number of benzene rings is 2. The number of amides is 1. The second-order valence-corrected chi connectivity index (χ2v) is 5.56. The Labute approximate surface area is 147 Å². The number of aliphatic imine (C=N–C) groups is 1. The Morgan fingerprint density at radius 1 is 1.12 bits per heavy atom. The minimum atomic E-state index is -0.449. The number of carbonyl (C=O) groups is 1. The van der Waals surface area contributed by atoms with E-state index in [1.165, 1.54) is 12.1 Å². The van der Waals surface area contributed by atoms with Gasteiger partial charge in [0.05, 0.1) is 6.54 Å². The van der Waals surface area contributed by atoms with E-state index >= 15 is 0 Å². The fourth-order valence-electron chi connectivity index (χ4n) is 2.31. The maximum Gasteiger partial charge on any atom is 0.248 e. The first-order chi connectivity index (χ1) is 12.1. The molecule has 0 radical (unpaired) electrons. The summed E-state index contributed by atoms with van der Waals surface area (Å²) >= 11 is 0. The van der Waals surface area contributed by atoms with Gasteiger partial charge < -0.3 is 16.4 Å². The standard InChI is InChI=1S/C19H23FN4O/c1-2-22-19(23-11-10-14-6-8-17(20)9-7-14)24-13-15-4-3-5-16(12-15)18(21)25/h3-9,12H,2,10-11,13H2,1H3,(H2,21,25)(H2,22,23,24). The first-order valence-corrected chi connectivity index (χ1v) is 8.24. The molecular formula is C19H23FN4O. The van der Waals surface area contributed by atoms with Crippen molar-refractivity contribution in [2.45, 2.75) is 19.9 Å². The Balaban J connectivity index is 1.92. The highest BCUT2D eigenvalue weighted by molar-refractivity contribution is 5.92. The van der Waals surface area contributed by atoms with E-state index in [0.29, 0.717) is 24.6 Å². The molecule has 2 aromatic rings. The zero-order valence-corrected chi connectivity index (χ0v) is 14.3. The van der Waals surface area contributed by atoms with Crippen molar-refractivity contribution in [1.82, 2.24) is 10.6 Å². The molecule has 0 saturated carbocycles. The topological polar surface area (TPSA) is 79.5 Å². The van der Waals surface area contributed by atoms with Crippen LogP contribution in [0.1, 0.15) is 28.4 Å².